The lowest BCUT2D eigenvalue weighted by Crippen LogP contribution is -2.15. The first kappa shape index (κ1) is 12.8. The molecule has 0 bridgehead atoms. The zero-order valence-electron chi connectivity index (χ0n) is 9.02. The van der Waals surface area contributed by atoms with E-state index in [0.29, 0.717) is 18.3 Å². The first-order valence-electron chi connectivity index (χ1n) is 5.09. The van der Waals surface area contributed by atoms with Crippen LogP contribution in [-0.2, 0) is 9.09 Å². The van der Waals surface area contributed by atoms with Crippen LogP contribution in [0.2, 0.25) is 0 Å². The van der Waals surface area contributed by atoms with Crippen molar-refractivity contribution in [3.63, 3.8) is 0 Å². The molecule has 0 aliphatic heterocycles. The lowest BCUT2D eigenvalue weighted by Gasteiger charge is -2.21. The first-order valence-corrected chi connectivity index (χ1v) is 7.22. The van der Waals surface area contributed by atoms with Crippen LogP contribution in [0, 0.1) is 0 Å². The molecule has 15 heavy (non-hydrogen) atoms. The number of alkyl halides is 1. The Bertz CT molecular complexity index is 340. The molecule has 2 atom stereocenters. The minimum atomic E-state index is -2.90. The second-order valence-electron chi connectivity index (χ2n) is 3.19. The summed E-state index contributed by atoms with van der Waals surface area (Å²) in [7, 11) is -2.90. The normalized spacial score (nSPS) is 17.0. The van der Waals surface area contributed by atoms with Gasteiger partial charge in [0.15, 0.2) is 0 Å². The SMILES string of the molecule is CCOP(=O)(c1ccccc1)C(Cl)CC. The molecule has 4 heteroatoms. The summed E-state index contributed by atoms with van der Waals surface area (Å²) in [5.41, 5.74) is 0. The van der Waals surface area contributed by atoms with Crippen molar-refractivity contribution in [3.05, 3.63) is 30.3 Å². The Kier molecular flexibility index (Phi) is 4.85. The summed E-state index contributed by atoms with van der Waals surface area (Å²) in [6.45, 7) is 4.15. The molecule has 2 nitrogen and oxygen atoms in total. The lowest BCUT2D eigenvalue weighted by atomic mass is 10.4. The van der Waals surface area contributed by atoms with Crippen LogP contribution >= 0.6 is 19.0 Å². The summed E-state index contributed by atoms with van der Waals surface area (Å²) in [4.78, 5) is 0. The van der Waals surface area contributed by atoms with Crippen molar-refractivity contribution < 1.29 is 9.09 Å². The monoisotopic (exact) mass is 246 g/mol. The van der Waals surface area contributed by atoms with Gasteiger partial charge in [-0.1, -0.05) is 25.1 Å². The van der Waals surface area contributed by atoms with Crippen LogP contribution in [0.3, 0.4) is 0 Å². The Balaban J connectivity index is 3.07. The van der Waals surface area contributed by atoms with Gasteiger partial charge in [0.25, 0.3) is 0 Å². The average molecular weight is 247 g/mol. The van der Waals surface area contributed by atoms with Gasteiger partial charge in [-0.15, -0.1) is 11.6 Å². The molecule has 0 N–H and O–H groups in total. The molecule has 1 aromatic carbocycles. The maximum Gasteiger partial charge on any atom is 0.249 e. The van der Waals surface area contributed by atoms with Crippen LogP contribution in [0.4, 0.5) is 0 Å². The van der Waals surface area contributed by atoms with Crippen molar-refractivity contribution in [2.24, 2.45) is 0 Å². The number of halogens is 1. The largest absolute Gasteiger partial charge is 0.325 e. The average Bonchev–Trinajstić information content (AvgIpc) is 2.29. The third-order valence-corrected chi connectivity index (χ3v) is 5.98. The van der Waals surface area contributed by atoms with Gasteiger partial charge in [-0.2, -0.15) is 0 Å². The predicted molar refractivity (Wildman–Crippen MR) is 65.2 cm³/mol. The van der Waals surface area contributed by atoms with Crippen molar-refractivity contribution in [3.8, 4) is 0 Å². The van der Waals surface area contributed by atoms with E-state index in [1.165, 1.54) is 0 Å². The fraction of sp³-hybridized carbons (Fsp3) is 0.455. The van der Waals surface area contributed by atoms with Gasteiger partial charge >= 0.3 is 0 Å². The molecule has 0 amide bonds. The van der Waals surface area contributed by atoms with Gasteiger partial charge in [0.05, 0.1) is 6.61 Å². The highest BCUT2D eigenvalue weighted by atomic mass is 35.5. The molecular formula is C11H16ClO2P. The Morgan fingerprint density at radius 1 is 1.33 bits per heavy atom. The van der Waals surface area contributed by atoms with Gasteiger partial charge < -0.3 is 4.52 Å². The van der Waals surface area contributed by atoms with Crippen molar-refractivity contribution in [2.75, 3.05) is 6.61 Å². The van der Waals surface area contributed by atoms with E-state index in [4.69, 9.17) is 16.1 Å². The molecule has 84 valence electrons. The smallest absolute Gasteiger partial charge is 0.249 e. The fourth-order valence-electron chi connectivity index (χ4n) is 1.39. The van der Waals surface area contributed by atoms with E-state index in [9.17, 15) is 4.57 Å². The molecule has 1 rings (SSSR count). The van der Waals surface area contributed by atoms with Gasteiger partial charge in [0.1, 0.15) is 5.12 Å². The Morgan fingerprint density at radius 2 is 1.93 bits per heavy atom. The van der Waals surface area contributed by atoms with Crippen molar-refractivity contribution >= 4 is 24.3 Å². The molecule has 0 saturated carbocycles. The summed E-state index contributed by atoms with van der Waals surface area (Å²) < 4.78 is 18.0. The highest BCUT2D eigenvalue weighted by molar-refractivity contribution is 7.69. The van der Waals surface area contributed by atoms with Crippen LogP contribution in [0.15, 0.2) is 30.3 Å². The second-order valence-corrected chi connectivity index (χ2v) is 6.62. The summed E-state index contributed by atoms with van der Waals surface area (Å²) >= 11 is 6.10. The molecule has 0 radical (unpaired) electrons. The summed E-state index contributed by atoms with van der Waals surface area (Å²) in [5.74, 6) is 0. The van der Waals surface area contributed by atoms with E-state index in [2.05, 4.69) is 0 Å². The van der Waals surface area contributed by atoms with Crippen molar-refractivity contribution in [1.82, 2.24) is 0 Å². The number of hydrogen-bond acceptors (Lipinski definition) is 2. The topological polar surface area (TPSA) is 26.3 Å². The molecule has 0 saturated heterocycles. The molecule has 0 aliphatic rings. The number of rotatable bonds is 5. The van der Waals surface area contributed by atoms with E-state index < -0.39 is 12.5 Å². The summed E-state index contributed by atoms with van der Waals surface area (Å²) in [6.07, 6.45) is 0.633. The van der Waals surface area contributed by atoms with Gasteiger partial charge in [0, 0.05) is 5.30 Å². The lowest BCUT2D eigenvalue weighted by molar-refractivity contribution is 0.338. The van der Waals surface area contributed by atoms with Gasteiger partial charge in [0.2, 0.25) is 7.37 Å². The maximum absolute atomic E-state index is 12.6. The number of hydrogen-bond donors (Lipinski definition) is 0. The van der Waals surface area contributed by atoms with Gasteiger partial charge in [-0.3, -0.25) is 4.57 Å². The van der Waals surface area contributed by atoms with Crippen LogP contribution < -0.4 is 5.30 Å². The van der Waals surface area contributed by atoms with Crippen molar-refractivity contribution in [2.45, 2.75) is 25.4 Å². The van der Waals surface area contributed by atoms with E-state index in [0.717, 1.165) is 0 Å². The van der Waals surface area contributed by atoms with E-state index in [-0.39, 0.29) is 0 Å². The minimum absolute atomic E-state index is 0.412. The molecule has 0 aromatic heterocycles. The molecule has 1 aromatic rings. The summed E-state index contributed by atoms with van der Waals surface area (Å²) in [5, 5.41) is 0.258. The first-order chi connectivity index (χ1) is 7.15. The van der Waals surface area contributed by atoms with E-state index >= 15 is 0 Å². The number of benzene rings is 1. The van der Waals surface area contributed by atoms with Crippen LogP contribution in [-0.4, -0.2) is 11.7 Å². The Morgan fingerprint density at radius 3 is 2.40 bits per heavy atom. The van der Waals surface area contributed by atoms with Crippen LogP contribution in [0.25, 0.3) is 0 Å². The third-order valence-electron chi connectivity index (χ3n) is 2.14. The molecule has 2 unspecified atom stereocenters. The zero-order chi connectivity index (χ0) is 11.3. The standard InChI is InChI=1S/C11H16ClO2P/c1-3-11(12)15(13,14-4-2)10-8-6-5-7-9-10/h5-9,11H,3-4H2,1-2H3. The quantitative estimate of drug-likeness (QED) is 0.586. The van der Waals surface area contributed by atoms with E-state index in [1.807, 2.05) is 44.2 Å². The van der Waals surface area contributed by atoms with Crippen LogP contribution in [0.5, 0.6) is 0 Å². The van der Waals surface area contributed by atoms with E-state index in [1.54, 1.807) is 0 Å². The molecular weight excluding hydrogens is 231 g/mol. The highest BCUT2D eigenvalue weighted by Gasteiger charge is 2.33. The Labute approximate surface area is 96.0 Å². The van der Waals surface area contributed by atoms with Gasteiger partial charge in [-0.25, -0.2) is 0 Å². The maximum atomic E-state index is 12.6. The van der Waals surface area contributed by atoms with Crippen LogP contribution in [0.1, 0.15) is 20.3 Å². The predicted octanol–water partition coefficient (Wildman–Crippen LogP) is 3.60. The van der Waals surface area contributed by atoms with Crippen molar-refractivity contribution in [1.29, 1.82) is 0 Å². The van der Waals surface area contributed by atoms with Gasteiger partial charge in [-0.05, 0) is 25.5 Å². The molecule has 0 fully saturated rings. The Hall–Kier alpha value is -0.300. The molecule has 0 heterocycles. The molecule has 0 aliphatic carbocycles. The fourth-order valence-corrected chi connectivity index (χ4v) is 3.98. The molecule has 0 spiro atoms. The highest BCUT2D eigenvalue weighted by Crippen LogP contribution is 2.53. The zero-order valence-corrected chi connectivity index (χ0v) is 10.7. The third kappa shape index (κ3) is 2.84. The second kappa shape index (κ2) is 5.69. The summed E-state index contributed by atoms with van der Waals surface area (Å²) in [6, 6.07) is 9.19. The minimum Gasteiger partial charge on any atom is -0.325 e.